The third-order valence-corrected chi connectivity index (χ3v) is 6.86. The van der Waals surface area contributed by atoms with Crippen molar-refractivity contribution in [1.29, 1.82) is 0 Å². The first-order valence-electron chi connectivity index (χ1n) is 10.0. The van der Waals surface area contributed by atoms with Crippen LogP contribution in [0.25, 0.3) is 5.57 Å². The number of ether oxygens (including phenoxy) is 1. The maximum atomic E-state index is 13.6. The summed E-state index contributed by atoms with van der Waals surface area (Å²) in [7, 11) is -4.14. The molecule has 6 nitrogen and oxygen atoms in total. The van der Waals surface area contributed by atoms with Gasteiger partial charge in [-0.25, -0.2) is 8.42 Å². The Hall–Kier alpha value is -2.61. The van der Waals surface area contributed by atoms with Crippen LogP contribution in [0, 0.1) is 0 Å². The van der Waals surface area contributed by atoms with E-state index in [9.17, 15) is 13.2 Å². The number of sulfonamides is 1. The fraction of sp³-hybridized carbons (Fsp3) is 0.261. The Morgan fingerprint density at radius 3 is 2.65 bits per heavy atom. The highest BCUT2D eigenvalue weighted by molar-refractivity contribution is 7.97. The van der Waals surface area contributed by atoms with Gasteiger partial charge in [0.1, 0.15) is 0 Å². The Morgan fingerprint density at radius 1 is 1.23 bits per heavy atom. The summed E-state index contributed by atoms with van der Waals surface area (Å²) in [5.41, 5.74) is 1.99. The van der Waals surface area contributed by atoms with Crippen LogP contribution >= 0.6 is 11.6 Å². The molecule has 1 heterocycles. The van der Waals surface area contributed by atoms with Crippen LogP contribution in [0.3, 0.4) is 0 Å². The summed E-state index contributed by atoms with van der Waals surface area (Å²) in [6, 6.07) is 14.0. The highest BCUT2D eigenvalue weighted by atomic mass is 35.5. The SMILES string of the molecule is C=CCN1c2ccc(Cl)cc2C(c2ccccc2)=C(C(=O)NCCCOCC)S1(=O)=O. The normalized spacial score (nSPS) is 14.8. The minimum absolute atomic E-state index is 0.0279. The summed E-state index contributed by atoms with van der Waals surface area (Å²) in [5.74, 6) is -0.657. The molecule has 31 heavy (non-hydrogen) atoms. The summed E-state index contributed by atoms with van der Waals surface area (Å²) < 4.78 is 33.7. The molecule has 0 saturated carbocycles. The van der Waals surface area contributed by atoms with E-state index >= 15 is 0 Å². The summed E-state index contributed by atoms with van der Waals surface area (Å²) in [5, 5.41) is 3.18. The van der Waals surface area contributed by atoms with Crippen LogP contribution in [0.15, 0.2) is 66.1 Å². The van der Waals surface area contributed by atoms with Crippen molar-refractivity contribution in [2.75, 3.05) is 30.6 Å². The zero-order valence-electron chi connectivity index (χ0n) is 17.3. The number of hydrogen-bond acceptors (Lipinski definition) is 4. The molecule has 0 unspecified atom stereocenters. The molecule has 2 aromatic carbocycles. The highest BCUT2D eigenvalue weighted by Crippen LogP contribution is 2.43. The Balaban J connectivity index is 2.18. The average Bonchev–Trinajstić information content (AvgIpc) is 2.75. The van der Waals surface area contributed by atoms with E-state index in [-0.39, 0.29) is 11.4 Å². The van der Waals surface area contributed by atoms with Gasteiger partial charge in [-0.2, -0.15) is 0 Å². The van der Waals surface area contributed by atoms with E-state index in [1.807, 2.05) is 13.0 Å². The van der Waals surface area contributed by atoms with Gasteiger partial charge in [-0.15, -0.1) is 6.58 Å². The van der Waals surface area contributed by atoms with Crippen LogP contribution in [0.4, 0.5) is 5.69 Å². The number of carbonyl (C=O) groups is 1. The van der Waals surface area contributed by atoms with Gasteiger partial charge >= 0.3 is 0 Å². The second-order valence-corrected chi connectivity index (χ2v) is 9.10. The van der Waals surface area contributed by atoms with Crippen LogP contribution in [0.5, 0.6) is 0 Å². The van der Waals surface area contributed by atoms with E-state index in [1.165, 1.54) is 10.4 Å². The molecule has 2 aromatic rings. The number of fused-ring (bicyclic) bond motifs is 1. The maximum Gasteiger partial charge on any atom is 0.270 e. The number of carbonyl (C=O) groups excluding carboxylic acids is 1. The molecule has 0 spiro atoms. The largest absolute Gasteiger partial charge is 0.382 e. The number of rotatable bonds is 9. The third-order valence-electron chi connectivity index (χ3n) is 4.79. The smallest absolute Gasteiger partial charge is 0.270 e. The topological polar surface area (TPSA) is 75.7 Å². The Labute approximate surface area is 188 Å². The second-order valence-electron chi connectivity index (χ2n) is 6.86. The number of benzene rings is 2. The molecule has 164 valence electrons. The number of amides is 1. The Bertz CT molecular complexity index is 1100. The molecule has 8 heteroatoms. The number of hydrogen-bond donors (Lipinski definition) is 1. The Morgan fingerprint density at radius 2 is 1.97 bits per heavy atom. The fourth-order valence-corrected chi connectivity index (χ4v) is 5.36. The van der Waals surface area contributed by atoms with Gasteiger partial charge in [-0.1, -0.05) is 48.0 Å². The van der Waals surface area contributed by atoms with E-state index in [0.717, 1.165) is 0 Å². The van der Waals surface area contributed by atoms with E-state index in [4.69, 9.17) is 16.3 Å². The molecule has 0 bridgehead atoms. The van der Waals surface area contributed by atoms with Crippen molar-refractivity contribution >= 4 is 38.8 Å². The van der Waals surface area contributed by atoms with Crippen LogP contribution in [-0.4, -0.2) is 40.6 Å². The molecule has 3 rings (SSSR count). The fourth-order valence-electron chi connectivity index (χ4n) is 3.45. The van der Waals surface area contributed by atoms with Crippen molar-refractivity contribution in [3.63, 3.8) is 0 Å². The molecule has 1 aliphatic rings. The first-order chi connectivity index (χ1) is 14.9. The van der Waals surface area contributed by atoms with E-state index < -0.39 is 15.9 Å². The molecule has 0 radical (unpaired) electrons. The Kier molecular flexibility index (Phi) is 7.54. The second kappa shape index (κ2) is 10.1. The number of nitrogens with one attached hydrogen (secondary N) is 1. The van der Waals surface area contributed by atoms with Gasteiger partial charge in [-0.05, 0) is 37.1 Å². The summed E-state index contributed by atoms with van der Waals surface area (Å²) in [4.78, 5) is 12.9. The van der Waals surface area contributed by atoms with Crippen molar-refractivity contribution in [2.24, 2.45) is 0 Å². The summed E-state index contributed by atoms with van der Waals surface area (Å²) in [6.07, 6.45) is 2.06. The van der Waals surface area contributed by atoms with E-state index in [2.05, 4.69) is 11.9 Å². The standard InChI is InChI=1S/C23H25ClN2O4S/c1-3-14-26-20-12-11-18(24)16-19(20)21(17-9-6-5-7-10-17)22(31(26,28)29)23(27)25-13-8-15-30-4-2/h3,5-7,9-12,16H,1,4,8,13-15H2,2H3,(H,25,27). The molecule has 0 atom stereocenters. The summed E-state index contributed by atoms with van der Waals surface area (Å²) in [6.45, 7) is 6.95. The molecule has 0 aliphatic carbocycles. The van der Waals surface area contributed by atoms with Crippen molar-refractivity contribution < 1.29 is 17.9 Å². The van der Waals surface area contributed by atoms with Gasteiger partial charge < -0.3 is 10.1 Å². The molecular weight excluding hydrogens is 436 g/mol. The monoisotopic (exact) mass is 460 g/mol. The van der Waals surface area contributed by atoms with Gasteiger partial charge in [0.2, 0.25) is 0 Å². The molecule has 0 fully saturated rings. The number of nitrogens with zero attached hydrogens (tertiary/aromatic N) is 1. The van der Waals surface area contributed by atoms with E-state index in [1.54, 1.807) is 42.5 Å². The third kappa shape index (κ3) is 4.84. The van der Waals surface area contributed by atoms with Crippen molar-refractivity contribution in [3.8, 4) is 0 Å². The molecule has 1 aliphatic heterocycles. The van der Waals surface area contributed by atoms with Gasteiger partial charge in [0.05, 0.1) is 12.2 Å². The van der Waals surface area contributed by atoms with Crippen molar-refractivity contribution in [2.45, 2.75) is 13.3 Å². The zero-order valence-corrected chi connectivity index (χ0v) is 18.9. The molecule has 1 N–H and O–H groups in total. The molecule has 1 amide bonds. The molecule has 0 aromatic heterocycles. The lowest BCUT2D eigenvalue weighted by molar-refractivity contribution is -0.116. The lowest BCUT2D eigenvalue weighted by atomic mass is 9.95. The first kappa shape index (κ1) is 23.1. The quantitative estimate of drug-likeness (QED) is 0.453. The van der Waals surface area contributed by atoms with Crippen molar-refractivity contribution in [1.82, 2.24) is 5.32 Å². The van der Waals surface area contributed by atoms with Crippen LogP contribution < -0.4 is 9.62 Å². The van der Waals surface area contributed by atoms with Crippen molar-refractivity contribution in [3.05, 3.63) is 82.2 Å². The molecular formula is C23H25ClN2O4S. The minimum Gasteiger partial charge on any atom is -0.382 e. The van der Waals surface area contributed by atoms with Crippen LogP contribution in [-0.2, 0) is 19.6 Å². The highest BCUT2D eigenvalue weighted by Gasteiger charge is 2.40. The number of anilines is 1. The average molecular weight is 461 g/mol. The molecule has 0 saturated heterocycles. The number of halogens is 1. The van der Waals surface area contributed by atoms with E-state index in [0.29, 0.717) is 53.6 Å². The van der Waals surface area contributed by atoms with Gasteiger partial charge in [0, 0.05) is 35.9 Å². The summed E-state index contributed by atoms with van der Waals surface area (Å²) >= 11 is 6.26. The lowest BCUT2D eigenvalue weighted by Crippen LogP contribution is -2.41. The first-order valence-corrected chi connectivity index (χ1v) is 11.8. The zero-order chi connectivity index (χ0) is 22.4. The predicted molar refractivity (Wildman–Crippen MR) is 124 cm³/mol. The maximum absolute atomic E-state index is 13.6. The minimum atomic E-state index is -4.14. The van der Waals surface area contributed by atoms with Crippen LogP contribution in [0.2, 0.25) is 5.02 Å². The van der Waals surface area contributed by atoms with Gasteiger partial charge in [0.25, 0.3) is 15.9 Å². The predicted octanol–water partition coefficient (Wildman–Crippen LogP) is 3.98. The van der Waals surface area contributed by atoms with Gasteiger partial charge in [0.15, 0.2) is 4.91 Å². The lowest BCUT2D eigenvalue weighted by Gasteiger charge is -2.33. The van der Waals surface area contributed by atoms with Gasteiger partial charge in [-0.3, -0.25) is 9.10 Å². The van der Waals surface area contributed by atoms with Crippen LogP contribution in [0.1, 0.15) is 24.5 Å².